The minimum atomic E-state index is -0.671. The Morgan fingerprint density at radius 2 is 2.08 bits per heavy atom. The molecule has 1 atom stereocenters. The van der Waals surface area contributed by atoms with Gasteiger partial charge in [0.05, 0.1) is 9.90 Å². The summed E-state index contributed by atoms with van der Waals surface area (Å²) in [5, 5.41) is 11.1. The molecule has 0 amide bonds. The van der Waals surface area contributed by atoms with Crippen molar-refractivity contribution in [3.05, 3.63) is 57.6 Å². The summed E-state index contributed by atoms with van der Waals surface area (Å²) < 4.78 is 12.0. The molecule has 25 heavy (non-hydrogen) atoms. The molecule has 1 aromatic carbocycles. The fourth-order valence-corrected chi connectivity index (χ4v) is 4.34. The molecule has 5 nitrogen and oxygen atoms in total. The Morgan fingerprint density at radius 3 is 2.84 bits per heavy atom. The Morgan fingerprint density at radius 1 is 1.24 bits per heavy atom. The van der Waals surface area contributed by atoms with Crippen LogP contribution in [0.2, 0.25) is 5.02 Å². The summed E-state index contributed by atoms with van der Waals surface area (Å²) in [6, 6.07) is 11.4. The molecule has 4 aromatic rings. The van der Waals surface area contributed by atoms with Gasteiger partial charge in [0, 0.05) is 10.1 Å². The third-order valence-electron chi connectivity index (χ3n) is 3.52. The maximum atomic E-state index is 12.5. The van der Waals surface area contributed by atoms with E-state index in [1.54, 1.807) is 6.92 Å². The van der Waals surface area contributed by atoms with Crippen molar-refractivity contribution in [2.75, 3.05) is 0 Å². The van der Waals surface area contributed by atoms with Crippen LogP contribution < -0.4 is 0 Å². The smallest absolute Gasteiger partial charge is 0.350 e. The van der Waals surface area contributed by atoms with Crippen molar-refractivity contribution in [3.8, 4) is 10.8 Å². The highest BCUT2D eigenvalue weighted by atomic mass is 35.5. The molecule has 0 unspecified atom stereocenters. The summed E-state index contributed by atoms with van der Waals surface area (Å²) in [6.45, 7) is 1.69. The fourth-order valence-electron chi connectivity index (χ4n) is 2.31. The van der Waals surface area contributed by atoms with Gasteiger partial charge in [-0.25, -0.2) is 4.79 Å². The van der Waals surface area contributed by atoms with Crippen LogP contribution in [0.5, 0.6) is 0 Å². The predicted octanol–water partition coefficient (Wildman–Crippen LogP) is 5.58. The van der Waals surface area contributed by atoms with E-state index in [1.165, 1.54) is 22.7 Å². The quantitative estimate of drug-likeness (QED) is 0.425. The van der Waals surface area contributed by atoms with E-state index in [0.717, 1.165) is 15.0 Å². The van der Waals surface area contributed by atoms with Gasteiger partial charge < -0.3 is 9.15 Å². The summed E-state index contributed by atoms with van der Waals surface area (Å²) in [7, 11) is 0. The standard InChI is InChI=1S/C17H11ClN2O3S2/c1-9(15-19-20-16(23-15)12-7-4-8-24-12)22-17(21)14-13(18)10-5-2-3-6-11(10)25-14/h2-9H,1H3/t9-/m1/s1. The van der Waals surface area contributed by atoms with Gasteiger partial charge in [-0.15, -0.1) is 32.9 Å². The highest BCUT2D eigenvalue weighted by Gasteiger charge is 2.24. The minimum Gasteiger partial charge on any atom is -0.448 e. The van der Waals surface area contributed by atoms with E-state index in [-0.39, 0.29) is 5.89 Å². The first-order chi connectivity index (χ1) is 12.1. The number of thiophene rings is 2. The first kappa shape index (κ1) is 16.3. The summed E-state index contributed by atoms with van der Waals surface area (Å²) in [5.41, 5.74) is 0. The van der Waals surface area contributed by atoms with Crippen molar-refractivity contribution in [3.63, 3.8) is 0 Å². The van der Waals surface area contributed by atoms with Gasteiger partial charge in [-0.1, -0.05) is 35.9 Å². The van der Waals surface area contributed by atoms with Crippen LogP contribution in [0.1, 0.15) is 28.6 Å². The lowest BCUT2D eigenvalue weighted by molar-refractivity contribution is 0.0286. The Kier molecular flexibility index (Phi) is 4.29. The molecule has 0 aliphatic carbocycles. The van der Waals surface area contributed by atoms with Gasteiger partial charge in [-0.2, -0.15) is 0 Å². The monoisotopic (exact) mass is 390 g/mol. The number of hydrogen-bond donors (Lipinski definition) is 0. The molecule has 0 fully saturated rings. The molecule has 4 rings (SSSR count). The van der Waals surface area contributed by atoms with Gasteiger partial charge in [-0.05, 0) is 24.4 Å². The van der Waals surface area contributed by atoms with Gasteiger partial charge in [0.15, 0.2) is 6.10 Å². The molecule has 0 saturated carbocycles. The second-order valence-corrected chi connectivity index (χ2v) is 7.59. The van der Waals surface area contributed by atoms with Crippen LogP contribution in [-0.2, 0) is 4.74 Å². The largest absolute Gasteiger partial charge is 0.448 e. The Labute approximate surface area is 155 Å². The molecule has 3 aromatic heterocycles. The second kappa shape index (κ2) is 6.59. The number of esters is 1. The van der Waals surface area contributed by atoms with Crippen LogP contribution in [0.4, 0.5) is 0 Å². The number of ether oxygens (including phenoxy) is 1. The van der Waals surface area contributed by atoms with Gasteiger partial charge in [0.2, 0.25) is 0 Å². The maximum absolute atomic E-state index is 12.5. The normalized spacial score (nSPS) is 12.4. The molecule has 0 N–H and O–H groups in total. The van der Waals surface area contributed by atoms with Gasteiger partial charge in [0.25, 0.3) is 11.8 Å². The van der Waals surface area contributed by atoms with Crippen molar-refractivity contribution >= 4 is 50.3 Å². The second-order valence-electron chi connectivity index (χ2n) is 5.21. The fraction of sp³-hybridized carbons (Fsp3) is 0.118. The number of nitrogens with zero attached hydrogens (tertiary/aromatic N) is 2. The first-order valence-electron chi connectivity index (χ1n) is 7.39. The number of hydrogen-bond acceptors (Lipinski definition) is 7. The highest BCUT2D eigenvalue weighted by molar-refractivity contribution is 7.21. The number of carbonyl (C=O) groups is 1. The number of benzene rings is 1. The molecule has 0 aliphatic rings. The number of rotatable bonds is 4. The molecule has 0 radical (unpaired) electrons. The van der Waals surface area contributed by atoms with Crippen LogP contribution >= 0.6 is 34.3 Å². The van der Waals surface area contributed by atoms with Crippen molar-refractivity contribution in [1.82, 2.24) is 10.2 Å². The van der Waals surface area contributed by atoms with E-state index in [0.29, 0.717) is 15.8 Å². The molecule has 8 heteroatoms. The third kappa shape index (κ3) is 3.06. The number of carbonyl (C=O) groups excluding carboxylic acids is 1. The first-order valence-corrected chi connectivity index (χ1v) is 9.46. The van der Waals surface area contributed by atoms with E-state index in [2.05, 4.69) is 10.2 Å². The topological polar surface area (TPSA) is 65.2 Å². The van der Waals surface area contributed by atoms with E-state index in [1.807, 2.05) is 41.8 Å². The summed E-state index contributed by atoms with van der Waals surface area (Å²) >= 11 is 9.11. The zero-order valence-electron chi connectivity index (χ0n) is 12.9. The van der Waals surface area contributed by atoms with Gasteiger partial charge in [-0.3, -0.25) is 0 Å². The van der Waals surface area contributed by atoms with Crippen molar-refractivity contribution in [1.29, 1.82) is 0 Å². The zero-order chi connectivity index (χ0) is 17.4. The van der Waals surface area contributed by atoms with Crippen LogP contribution in [0.3, 0.4) is 0 Å². The lowest BCUT2D eigenvalue weighted by Gasteiger charge is -2.08. The Hall–Kier alpha value is -2.22. The average Bonchev–Trinajstić information content (AvgIpc) is 3.34. The number of fused-ring (bicyclic) bond motifs is 1. The minimum absolute atomic E-state index is 0.244. The van der Waals surface area contributed by atoms with Crippen molar-refractivity contribution in [2.45, 2.75) is 13.0 Å². The average molecular weight is 391 g/mol. The molecular formula is C17H11ClN2O3S2. The molecule has 3 heterocycles. The van der Waals surface area contributed by atoms with E-state index in [4.69, 9.17) is 20.8 Å². The molecule has 126 valence electrons. The van der Waals surface area contributed by atoms with E-state index >= 15 is 0 Å². The third-order valence-corrected chi connectivity index (χ3v) is 6.04. The predicted molar refractivity (Wildman–Crippen MR) is 98.3 cm³/mol. The maximum Gasteiger partial charge on any atom is 0.350 e. The van der Waals surface area contributed by atoms with Gasteiger partial charge >= 0.3 is 5.97 Å². The Balaban J connectivity index is 1.55. The molecule has 0 bridgehead atoms. The van der Waals surface area contributed by atoms with Crippen molar-refractivity contribution in [2.24, 2.45) is 0 Å². The highest BCUT2D eigenvalue weighted by Crippen LogP contribution is 2.36. The van der Waals surface area contributed by atoms with Crippen LogP contribution in [0.15, 0.2) is 46.2 Å². The van der Waals surface area contributed by atoms with Crippen LogP contribution in [-0.4, -0.2) is 16.2 Å². The molecule has 0 spiro atoms. The van der Waals surface area contributed by atoms with Crippen molar-refractivity contribution < 1.29 is 13.9 Å². The lowest BCUT2D eigenvalue weighted by atomic mass is 10.2. The van der Waals surface area contributed by atoms with E-state index in [9.17, 15) is 4.79 Å². The molecular weight excluding hydrogens is 380 g/mol. The van der Waals surface area contributed by atoms with Crippen LogP contribution in [0.25, 0.3) is 20.9 Å². The molecule has 0 aliphatic heterocycles. The SMILES string of the molecule is C[C@@H](OC(=O)c1sc2ccccc2c1Cl)c1nnc(-c2cccs2)o1. The summed E-state index contributed by atoms with van der Waals surface area (Å²) in [5.74, 6) is 0.149. The van der Waals surface area contributed by atoms with Gasteiger partial charge in [0.1, 0.15) is 4.88 Å². The molecule has 0 saturated heterocycles. The lowest BCUT2D eigenvalue weighted by Crippen LogP contribution is -2.08. The number of aromatic nitrogens is 2. The Bertz CT molecular complexity index is 1040. The number of halogens is 1. The summed E-state index contributed by atoms with van der Waals surface area (Å²) in [6.07, 6.45) is -0.671. The van der Waals surface area contributed by atoms with Crippen LogP contribution in [0, 0.1) is 0 Å². The zero-order valence-corrected chi connectivity index (χ0v) is 15.3. The van der Waals surface area contributed by atoms with E-state index < -0.39 is 12.1 Å². The summed E-state index contributed by atoms with van der Waals surface area (Å²) in [4.78, 5) is 13.7.